The number of allylic oxidation sites excluding steroid dienone is 2. The second-order valence-electron chi connectivity index (χ2n) is 5.09. The molecule has 2 atom stereocenters. The molecular formula is C15H16N2O3. The molecule has 0 bridgehead atoms. The fourth-order valence-electron chi connectivity index (χ4n) is 2.88. The maximum atomic E-state index is 12.5. The Hall–Kier alpha value is -2.30. The van der Waals surface area contributed by atoms with E-state index in [1.54, 1.807) is 18.2 Å². The van der Waals surface area contributed by atoms with Gasteiger partial charge in [-0.1, -0.05) is 12.2 Å². The predicted octanol–water partition coefficient (Wildman–Crippen LogP) is 1.73. The van der Waals surface area contributed by atoms with Gasteiger partial charge >= 0.3 is 0 Å². The first-order valence-corrected chi connectivity index (χ1v) is 6.60. The smallest absolute Gasteiger partial charge is 0.238 e. The number of imide groups is 1. The lowest BCUT2D eigenvalue weighted by Gasteiger charge is -2.17. The monoisotopic (exact) mass is 272 g/mol. The molecule has 1 fully saturated rings. The molecule has 1 aliphatic heterocycles. The highest BCUT2D eigenvalue weighted by molar-refractivity contribution is 6.23. The third-order valence-electron chi connectivity index (χ3n) is 3.99. The van der Waals surface area contributed by atoms with E-state index in [1.807, 2.05) is 12.2 Å². The minimum Gasteiger partial charge on any atom is -0.497 e. The first-order chi connectivity index (χ1) is 9.63. The van der Waals surface area contributed by atoms with E-state index < -0.39 is 0 Å². The number of carbonyl (C=O) groups is 2. The number of carbonyl (C=O) groups excluding carboxylic acids is 2. The number of amides is 2. The van der Waals surface area contributed by atoms with Gasteiger partial charge in [0.25, 0.3) is 0 Å². The number of nitrogen functional groups attached to an aromatic ring is 1. The van der Waals surface area contributed by atoms with Crippen molar-refractivity contribution in [1.29, 1.82) is 0 Å². The lowest BCUT2D eigenvalue weighted by atomic mass is 9.85. The van der Waals surface area contributed by atoms with Gasteiger partial charge in [-0.15, -0.1) is 0 Å². The molecule has 2 amide bonds. The van der Waals surface area contributed by atoms with Crippen LogP contribution in [0.4, 0.5) is 11.4 Å². The zero-order valence-electron chi connectivity index (χ0n) is 11.2. The number of ether oxygens (including phenoxy) is 1. The lowest BCUT2D eigenvalue weighted by molar-refractivity contribution is -0.122. The van der Waals surface area contributed by atoms with Crippen molar-refractivity contribution in [2.24, 2.45) is 11.8 Å². The highest BCUT2D eigenvalue weighted by Gasteiger charge is 2.48. The zero-order chi connectivity index (χ0) is 14.3. The van der Waals surface area contributed by atoms with Gasteiger partial charge in [-0.25, -0.2) is 4.90 Å². The van der Waals surface area contributed by atoms with E-state index in [-0.39, 0.29) is 23.7 Å². The zero-order valence-corrected chi connectivity index (χ0v) is 11.2. The molecule has 5 nitrogen and oxygen atoms in total. The Morgan fingerprint density at radius 1 is 1.15 bits per heavy atom. The highest BCUT2D eigenvalue weighted by atomic mass is 16.5. The van der Waals surface area contributed by atoms with Crippen LogP contribution < -0.4 is 15.4 Å². The Morgan fingerprint density at radius 2 is 1.75 bits per heavy atom. The van der Waals surface area contributed by atoms with Crippen LogP contribution in [0.25, 0.3) is 0 Å². The van der Waals surface area contributed by atoms with E-state index in [2.05, 4.69) is 0 Å². The second kappa shape index (κ2) is 4.67. The molecule has 2 aliphatic rings. The minimum absolute atomic E-state index is 0.163. The molecule has 0 radical (unpaired) electrons. The van der Waals surface area contributed by atoms with Crippen molar-refractivity contribution in [3.8, 4) is 5.75 Å². The number of benzene rings is 1. The number of anilines is 2. The van der Waals surface area contributed by atoms with Gasteiger partial charge in [0.2, 0.25) is 11.8 Å². The summed E-state index contributed by atoms with van der Waals surface area (Å²) in [6.07, 6.45) is 5.17. The average molecular weight is 272 g/mol. The molecule has 1 aliphatic carbocycles. The van der Waals surface area contributed by atoms with E-state index in [0.717, 1.165) is 0 Å². The Morgan fingerprint density at radius 3 is 2.30 bits per heavy atom. The molecule has 0 spiro atoms. The normalized spacial score (nSPS) is 24.9. The van der Waals surface area contributed by atoms with E-state index in [0.29, 0.717) is 30.0 Å². The number of methoxy groups -OCH3 is 1. The van der Waals surface area contributed by atoms with Crippen LogP contribution in [0.3, 0.4) is 0 Å². The molecule has 0 aromatic heterocycles. The van der Waals surface area contributed by atoms with E-state index in [1.165, 1.54) is 12.0 Å². The van der Waals surface area contributed by atoms with E-state index in [4.69, 9.17) is 10.5 Å². The molecule has 104 valence electrons. The fraction of sp³-hybridized carbons (Fsp3) is 0.333. The lowest BCUT2D eigenvalue weighted by Crippen LogP contribution is -2.31. The number of nitrogens with zero attached hydrogens (tertiary/aromatic N) is 1. The Labute approximate surface area is 117 Å². The van der Waals surface area contributed by atoms with Crippen LogP contribution >= 0.6 is 0 Å². The molecule has 0 unspecified atom stereocenters. The molecule has 20 heavy (non-hydrogen) atoms. The van der Waals surface area contributed by atoms with Crippen LogP contribution in [-0.2, 0) is 9.59 Å². The van der Waals surface area contributed by atoms with Gasteiger partial charge in [0, 0.05) is 6.07 Å². The number of rotatable bonds is 2. The quantitative estimate of drug-likeness (QED) is 0.505. The Bertz CT molecular complexity index is 583. The van der Waals surface area contributed by atoms with Crippen molar-refractivity contribution >= 4 is 23.2 Å². The largest absolute Gasteiger partial charge is 0.497 e. The standard InChI is InChI=1S/C15H16N2O3/c1-20-9-6-7-12(16)13(8-9)17-14(18)10-4-2-3-5-11(10)15(17)19/h2-3,6-8,10-11H,4-5,16H2,1H3/t10-,11+. The summed E-state index contributed by atoms with van der Waals surface area (Å²) < 4.78 is 5.14. The first kappa shape index (κ1) is 12.7. The summed E-state index contributed by atoms with van der Waals surface area (Å²) >= 11 is 0. The predicted molar refractivity (Wildman–Crippen MR) is 75.3 cm³/mol. The minimum atomic E-state index is -0.252. The molecule has 3 rings (SSSR count). The van der Waals surface area contributed by atoms with Crippen LogP contribution in [0.5, 0.6) is 5.75 Å². The Balaban J connectivity index is 2.02. The summed E-state index contributed by atoms with van der Waals surface area (Å²) in [5.41, 5.74) is 6.75. The van der Waals surface area contributed by atoms with Crippen LogP contribution in [0, 0.1) is 11.8 Å². The molecule has 1 saturated heterocycles. The first-order valence-electron chi connectivity index (χ1n) is 6.60. The molecule has 2 N–H and O–H groups in total. The maximum Gasteiger partial charge on any atom is 0.238 e. The van der Waals surface area contributed by atoms with Crippen molar-refractivity contribution in [1.82, 2.24) is 0 Å². The van der Waals surface area contributed by atoms with Gasteiger partial charge in [-0.3, -0.25) is 9.59 Å². The van der Waals surface area contributed by atoms with Crippen LogP contribution in [0.1, 0.15) is 12.8 Å². The summed E-state index contributed by atoms with van der Waals surface area (Å²) in [5, 5.41) is 0. The molecular weight excluding hydrogens is 256 g/mol. The SMILES string of the molecule is COc1ccc(N)c(N2C(=O)[C@H]3CC=CC[C@H]3C2=O)c1. The number of hydrogen-bond acceptors (Lipinski definition) is 4. The van der Waals surface area contributed by atoms with E-state index in [9.17, 15) is 9.59 Å². The summed E-state index contributed by atoms with van der Waals surface area (Å²) in [6.45, 7) is 0. The van der Waals surface area contributed by atoms with Gasteiger partial charge in [-0.2, -0.15) is 0 Å². The van der Waals surface area contributed by atoms with E-state index >= 15 is 0 Å². The Kier molecular flexibility index (Phi) is 2.97. The van der Waals surface area contributed by atoms with Crippen molar-refractivity contribution in [2.75, 3.05) is 17.7 Å². The second-order valence-corrected chi connectivity index (χ2v) is 5.09. The van der Waals surface area contributed by atoms with Crippen molar-refractivity contribution in [2.45, 2.75) is 12.8 Å². The number of nitrogens with two attached hydrogens (primary N) is 1. The molecule has 1 heterocycles. The summed E-state index contributed by atoms with van der Waals surface area (Å²) in [5.74, 6) is -0.257. The summed E-state index contributed by atoms with van der Waals surface area (Å²) in [7, 11) is 1.53. The molecule has 5 heteroatoms. The molecule has 1 aromatic rings. The van der Waals surface area contributed by atoms with Crippen molar-refractivity contribution in [3.63, 3.8) is 0 Å². The number of fused-ring (bicyclic) bond motifs is 1. The molecule has 1 aromatic carbocycles. The fourth-order valence-corrected chi connectivity index (χ4v) is 2.88. The van der Waals surface area contributed by atoms with Crippen LogP contribution in [0.15, 0.2) is 30.4 Å². The summed E-state index contributed by atoms with van der Waals surface area (Å²) in [4.78, 5) is 26.2. The van der Waals surface area contributed by atoms with Crippen LogP contribution in [0.2, 0.25) is 0 Å². The third kappa shape index (κ3) is 1.78. The van der Waals surface area contributed by atoms with Gasteiger partial charge in [0.15, 0.2) is 0 Å². The maximum absolute atomic E-state index is 12.5. The summed E-state index contributed by atoms with van der Waals surface area (Å²) in [6, 6.07) is 4.99. The van der Waals surface area contributed by atoms with Gasteiger partial charge < -0.3 is 10.5 Å². The highest BCUT2D eigenvalue weighted by Crippen LogP contribution is 2.40. The topological polar surface area (TPSA) is 72.6 Å². The van der Waals surface area contributed by atoms with Crippen molar-refractivity contribution in [3.05, 3.63) is 30.4 Å². The van der Waals surface area contributed by atoms with Crippen LogP contribution in [-0.4, -0.2) is 18.9 Å². The third-order valence-corrected chi connectivity index (χ3v) is 3.99. The van der Waals surface area contributed by atoms with Gasteiger partial charge in [-0.05, 0) is 25.0 Å². The average Bonchev–Trinajstić information content (AvgIpc) is 2.72. The molecule has 0 saturated carbocycles. The van der Waals surface area contributed by atoms with Gasteiger partial charge in [0.05, 0.1) is 30.3 Å². The van der Waals surface area contributed by atoms with Gasteiger partial charge in [0.1, 0.15) is 5.75 Å². The van der Waals surface area contributed by atoms with Crippen molar-refractivity contribution < 1.29 is 14.3 Å². The number of hydrogen-bond donors (Lipinski definition) is 1.